The largest absolute Gasteiger partial charge is 0.434 e. The van der Waals surface area contributed by atoms with Crippen LogP contribution < -0.4 is 10.1 Å². The zero-order chi connectivity index (χ0) is 16.8. The zero-order valence-corrected chi connectivity index (χ0v) is 14.4. The van der Waals surface area contributed by atoms with Gasteiger partial charge >= 0.3 is 11.6 Å². The molecule has 0 atom stereocenters. The van der Waals surface area contributed by atoms with Crippen molar-refractivity contribution in [2.75, 3.05) is 11.9 Å². The molecule has 1 aromatic carbocycles. The van der Waals surface area contributed by atoms with Crippen LogP contribution in [0.2, 0.25) is 0 Å². The van der Waals surface area contributed by atoms with Crippen LogP contribution in [0.25, 0.3) is 0 Å². The molecule has 8 heteroatoms. The van der Waals surface area contributed by atoms with Crippen molar-refractivity contribution in [2.24, 2.45) is 5.92 Å². The van der Waals surface area contributed by atoms with Crippen LogP contribution in [0, 0.1) is 16.0 Å². The molecule has 0 unspecified atom stereocenters. The number of halogens is 1. The number of hydrogen-bond acceptors (Lipinski definition) is 6. The van der Waals surface area contributed by atoms with Crippen LogP contribution in [0.5, 0.6) is 11.6 Å². The van der Waals surface area contributed by atoms with Gasteiger partial charge in [-0.1, -0.05) is 29.8 Å². The Morgan fingerprint density at radius 2 is 2.00 bits per heavy atom. The van der Waals surface area contributed by atoms with E-state index in [2.05, 4.69) is 45.1 Å². The number of nitro groups is 1. The predicted molar refractivity (Wildman–Crippen MR) is 90.8 cm³/mol. The summed E-state index contributed by atoms with van der Waals surface area (Å²) >= 11 is 3.32. The smallest absolute Gasteiger partial charge is 0.373 e. The van der Waals surface area contributed by atoms with Crippen LogP contribution in [0.4, 0.5) is 11.5 Å². The molecule has 23 heavy (non-hydrogen) atoms. The van der Waals surface area contributed by atoms with Crippen LogP contribution in [0.3, 0.4) is 0 Å². The van der Waals surface area contributed by atoms with E-state index < -0.39 is 4.92 Å². The van der Waals surface area contributed by atoms with Crippen molar-refractivity contribution in [2.45, 2.75) is 20.3 Å². The van der Waals surface area contributed by atoms with Gasteiger partial charge in [0.15, 0.2) is 0 Å². The third kappa shape index (κ3) is 4.88. The summed E-state index contributed by atoms with van der Waals surface area (Å²) in [5, 5.41) is 14.4. The van der Waals surface area contributed by atoms with Gasteiger partial charge in [0, 0.05) is 11.0 Å². The van der Waals surface area contributed by atoms with E-state index in [9.17, 15) is 10.1 Å². The molecule has 1 aromatic heterocycles. The second-order valence-corrected chi connectivity index (χ2v) is 6.21. The van der Waals surface area contributed by atoms with E-state index in [4.69, 9.17) is 4.74 Å². The van der Waals surface area contributed by atoms with Crippen molar-refractivity contribution < 1.29 is 9.66 Å². The molecular weight excluding hydrogens is 364 g/mol. The summed E-state index contributed by atoms with van der Waals surface area (Å²) in [5.41, 5.74) is -0.265. The van der Waals surface area contributed by atoms with Gasteiger partial charge in [-0.2, -0.15) is 4.98 Å². The highest BCUT2D eigenvalue weighted by molar-refractivity contribution is 9.10. The monoisotopic (exact) mass is 380 g/mol. The predicted octanol–water partition coefficient (Wildman–Crippen LogP) is 4.40. The van der Waals surface area contributed by atoms with E-state index in [-0.39, 0.29) is 17.4 Å². The normalized spacial score (nSPS) is 10.6. The van der Waals surface area contributed by atoms with E-state index in [1.807, 2.05) is 0 Å². The van der Waals surface area contributed by atoms with E-state index in [0.717, 1.165) is 10.9 Å². The standard InChI is InChI=1S/C15H17BrN4O3/c1-10(2)7-8-17-14-13(20(21)22)15(19-9-18-14)23-12-5-3-11(16)4-6-12/h3-6,9-10H,7-8H2,1-2H3,(H,17,18,19). The van der Waals surface area contributed by atoms with Crippen molar-refractivity contribution in [3.05, 3.63) is 45.2 Å². The van der Waals surface area contributed by atoms with Gasteiger partial charge in [0.2, 0.25) is 5.82 Å². The fourth-order valence-corrected chi connectivity index (χ4v) is 2.09. The molecular formula is C15H17BrN4O3. The first-order valence-electron chi connectivity index (χ1n) is 7.14. The minimum atomic E-state index is -0.536. The Labute approximate surface area is 142 Å². The Balaban J connectivity index is 2.24. The summed E-state index contributed by atoms with van der Waals surface area (Å²) in [5.74, 6) is 1.03. The van der Waals surface area contributed by atoms with Gasteiger partial charge in [-0.3, -0.25) is 10.1 Å². The van der Waals surface area contributed by atoms with Gasteiger partial charge in [0.05, 0.1) is 4.92 Å². The summed E-state index contributed by atoms with van der Waals surface area (Å²) < 4.78 is 6.43. The lowest BCUT2D eigenvalue weighted by Crippen LogP contribution is -2.09. The molecule has 0 aliphatic rings. The lowest BCUT2D eigenvalue weighted by atomic mass is 10.1. The first-order valence-corrected chi connectivity index (χ1v) is 7.93. The third-order valence-electron chi connectivity index (χ3n) is 3.01. The molecule has 122 valence electrons. The van der Waals surface area contributed by atoms with Gasteiger partial charge in [0.1, 0.15) is 12.1 Å². The lowest BCUT2D eigenvalue weighted by molar-refractivity contribution is -0.385. The Hall–Kier alpha value is -2.22. The van der Waals surface area contributed by atoms with E-state index in [0.29, 0.717) is 18.2 Å². The van der Waals surface area contributed by atoms with Gasteiger partial charge in [-0.05, 0) is 36.6 Å². The Morgan fingerprint density at radius 1 is 1.30 bits per heavy atom. The number of anilines is 1. The molecule has 0 saturated heterocycles. The second-order valence-electron chi connectivity index (χ2n) is 5.30. The fourth-order valence-electron chi connectivity index (χ4n) is 1.82. The lowest BCUT2D eigenvalue weighted by Gasteiger charge is -2.10. The number of benzene rings is 1. The molecule has 2 aromatic rings. The highest BCUT2D eigenvalue weighted by Crippen LogP contribution is 2.34. The topological polar surface area (TPSA) is 90.2 Å². The van der Waals surface area contributed by atoms with Gasteiger partial charge in [0.25, 0.3) is 0 Å². The maximum atomic E-state index is 11.4. The summed E-state index contributed by atoms with van der Waals surface area (Å²) in [6.07, 6.45) is 2.13. The van der Waals surface area contributed by atoms with Crippen LogP contribution in [0.1, 0.15) is 20.3 Å². The molecule has 1 heterocycles. The number of hydrogen-bond donors (Lipinski definition) is 1. The SMILES string of the molecule is CC(C)CCNc1ncnc(Oc2ccc(Br)cc2)c1[N+](=O)[O-]. The summed E-state index contributed by atoms with van der Waals surface area (Å²) in [6, 6.07) is 6.96. The van der Waals surface area contributed by atoms with Crippen molar-refractivity contribution >= 4 is 27.4 Å². The van der Waals surface area contributed by atoms with E-state index in [1.165, 1.54) is 6.33 Å². The Morgan fingerprint density at radius 3 is 2.61 bits per heavy atom. The second kappa shape index (κ2) is 7.87. The fraction of sp³-hybridized carbons (Fsp3) is 0.333. The highest BCUT2D eigenvalue weighted by Gasteiger charge is 2.24. The molecule has 0 aliphatic heterocycles. The van der Waals surface area contributed by atoms with E-state index in [1.54, 1.807) is 24.3 Å². The third-order valence-corrected chi connectivity index (χ3v) is 3.54. The van der Waals surface area contributed by atoms with Crippen molar-refractivity contribution in [1.82, 2.24) is 9.97 Å². The zero-order valence-electron chi connectivity index (χ0n) is 12.8. The average Bonchev–Trinajstić information content (AvgIpc) is 2.49. The summed E-state index contributed by atoms with van der Waals surface area (Å²) in [6.45, 7) is 4.75. The number of nitrogens with one attached hydrogen (secondary N) is 1. The molecule has 0 amide bonds. The molecule has 0 fully saturated rings. The number of aromatic nitrogens is 2. The minimum absolute atomic E-state index is 0.0839. The van der Waals surface area contributed by atoms with Crippen LogP contribution >= 0.6 is 15.9 Å². The Bertz CT molecular complexity index is 677. The van der Waals surface area contributed by atoms with Gasteiger partial charge in [-0.15, -0.1) is 0 Å². The van der Waals surface area contributed by atoms with Crippen LogP contribution in [-0.2, 0) is 0 Å². The van der Waals surface area contributed by atoms with E-state index >= 15 is 0 Å². The quantitative estimate of drug-likeness (QED) is 0.565. The highest BCUT2D eigenvalue weighted by atomic mass is 79.9. The van der Waals surface area contributed by atoms with Crippen LogP contribution in [-0.4, -0.2) is 21.4 Å². The van der Waals surface area contributed by atoms with Crippen molar-refractivity contribution in [3.8, 4) is 11.6 Å². The maximum Gasteiger partial charge on any atom is 0.373 e. The number of nitrogens with zero attached hydrogens (tertiary/aromatic N) is 3. The molecule has 0 aliphatic carbocycles. The Kier molecular flexibility index (Phi) is 5.86. The summed E-state index contributed by atoms with van der Waals surface area (Å²) in [7, 11) is 0. The average molecular weight is 381 g/mol. The first kappa shape index (κ1) is 17.1. The minimum Gasteiger partial charge on any atom is -0.434 e. The number of rotatable bonds is 7. The molecule has 0 bridgehead atoms. The molecule has 1 N–H and O–H groups in total. The molecule has 7 nitrogen and oxygen atoms in total. The molecule has 0 saturated carbocycles. The molecule has 0 radical (unpaired) electrons. The number of ether oxygens (including phenoxy) is 1. The first-order chi connectivity index (χ1) is 11.0. The maximum absolute atomic E-state index is 11.4. The van der Waals surface area contributed by atoms with Crippen molar-refractivity contribution in [1.29, 1.82) is 0 Å². The molecule has 2 rings (SSSR count). The molecule has 0 spiro atoms. The summed E-state index contributed by atoms with van der Waals surface area (Å²) in [4.78, 5) is 18.7. The van der Waals surface area contributed by atoms with Gasteiger partial charge in [-0.25, -0.2) is 4.98 Å². The van der Waals surface area contributed by atoms with Crippen LogP contribution in [0.15, 0.2) is 35.1 Å². The van der Waals surface area contributed by atoms with Crippen molar-refractivity contribution in [3.63, 3.8) is 0 Å². The van der Waals surface area contributed by atoms with Gasteiger partial charge < -0.3 is 10.1 Å².